The number of benzene rings is 3. The second-order valence-electron chi connectivity index (χ2n) is 8.12. The van der Waals surface area contributed by atoms with Gasteiger partial charge in [-0.25, -0.2) is 0 Å². The van der Waals surface area contributed by atoms with E-state index in [1.54, 1.807) is 42.5 Å². The third-order valence-corrected chi connectivity index (χ3v) is 7.16. The molecule has 188 valence electrons. The van der Waals surface area contributed by atoms with Crippen molar-refractivity contribution in [2.24, 2.45) is 0 Å². The molecule has 0 saturated heterocycles. The van der Waals surface area contributed by atoms with E-state index in [1.165, 1.54) is 0 Å². The third kappa shape index (κ3) is 7.00. The third-order valence-electron chi connectivity index (χ3n) is 5.51. The zero-order valence-corrected chi connectivity index (χ0v) is 22.7. The number of carbonyl (C=O) groups is 1. The van der Waals surface area contributed by atoms with E-state index in [1.807, 2.05) is 46.5 Å². The van der Waals surface area contributed by atoms with E-state index < -0.39 is 11.6 Å². The fourth-order valence-corrected chi connectivity index (χ4v) is 4.78. The largest absolute Gasteiger partial charge is 0.365 e. The molecular formula is C26H22Cl5N3O2. The molecule has 5 nitrogen and oxygen atoms in total. The Labute approximate surface area is 235 Å². The average molecular weight is 586 g/mol. The lowest BCUT2D eigenvalue weighted by atomic mass is 10.1. The van der Waals surface area contributed by atoms with Gasteiger partial charge in [-0.15, -0.1) is 0 Å². The smallest absolute Gasteiger partial charge is 0.243 e. The van der Waals surface area contributed by atoms with Crippen LogP contribution in [0, 0.1) is 0 Å². The summed E-state index contributed by atoms with van der Waals surface area (Å²) in [5, 5.41) is 4.98. The Morgan fingerprint density at radius 3 is 2.36 bits per heavy atom. The van der Waals surface area contributed by atoms with Crippen LogP contribution in [0.4, 0.5) is 5.69 Å². The van der Waals surface area contributed by atoms with Crippen LogP contribution in [0.25, 0.3) is 0 Å². The van der Waals surface area contributed by atoms with E-state index in [0.717, 1.165) is 11.1 Å². The topological polar surface area (TPSA) is 44.8 Å². The number of amides is 1. The van der Waals surface area contributed by atoms with Gasteiger partial charge in [-0.3, -0.25) is 4.79 Å². The normalized spacial score (nSPS) is 14.7. The van der Waals surface area contributed by atoms with Crippen molar-refractivity contribution in [3.8, 4) is 0 Å². The van der Waals surface area contributed by atoms with Gasteiger partial charge in [-0.05, 0) is 47.5 Å². The van der Waals surface area contributed by atoms with Crippen molar-refractivity contribution in [2.45, 2.75) is 18.2 Å². The lowest BCUT2D eigenvalue weighted by Crippen LogP contribution is -2.38. The number of carbonyl (C=O) groups excluding carboxylic acids is 1. The van der Waals surface area contributed by atoms with Gasteiger partial charge >= 0.3 is 0 Å². The number of para-hydroxylation sites is 1. The molecule has 0 spiro atoms. The van der Waals surface area contributed by atoms with E-state index in [2.05, 4.69) is 5.32 Å². The van der Waals surface area contributed by atoms with Gasteiger partial charge in [0.05, 0.1) is 30.5 Å². The van der Waals surface area contributed by atoms with Crippen LogP contribution in [-0.4, -0.2) is 34.4 Å². The Bertz CT molecular complexity index is 1240. The number of ether oxygens (including phenoxy) is 1. The average Bonchev–Trinajstić information content (AvgIpc) is 3.31. The summed E-state index contributed by atoms with van der Waals surface area (Å²) in [6.45, 7) is 0.766. The van der Waals surface area contributed by atoms with Gasteiger partial charge in [0.15, 0.2) is 0 Å². The zero-order chi connectivity index (χ0) is 25.7. The molecule has 0 saturated carbocycles. The van der Waals surface area contributed by atoms with Gasteiger partial charge < -0.3 is 19.9 Å². The summed E-state index contributed by atoms with van der Waals surface area (Å²) in [5.74, 6) is -0.191. The van der Waals surface area contributed by atoms with Crippen LogP contribution in [-0.2, 0) is 16.1 Å². The molecule has 3 aromatic carbocycles. The van der Waals surface area contributed by atoms with Crippen LogP contribution in [0.5, 0.6) is 0 Å². The van der Waals surface area contributed by atoms with Crippen molar-refractivity contribution < 1.29 is 9.53 Å². The molecule has 1 aliphatic rings. The van der Waals surface area contributed by atoms with E-state index in [4.69, 9.17) is 62.7 Å². The first-order valence-corrected chi connectivity index (χ1v) is 12.9. The summed E-state index contributed by atoms with van der Waals surface area (Å²) < 4.78 is 6.27. The Morgan fingerprint density at radius 2 is 1.64 bits per heavy atom. The molecule has 3 aromatic rings. The van der Waals surface area contributed by atoms with Crippen LogP contribution in [0.3, 0.4) is 0 Å². The Balaban J connectivity index is 1.42. The maximum atomic E-state index is 12.5. The number of rotatable bonds is 9. The fraction of sp³-hybridized carbons (Fsp3) is 0.192. The summed E-state index contributed by atoms with van der Waals surface area (Å²) in [6.07, 6.45) is 3.13. The van der Waals surface area contributed by atoms with Crippen molar-refractivity contribution >= 4 is 69.6 Å². The van der Waals surface area contributed by atoms with Crippen molar-refractivity contribution in [3.05, 3.63) is 110 Å². The van der Waals surface area contributed by atoms with Gasteiger partial charge in [0, 0.05) is 27.5 Å². The molecule has 1 amide bonds. The molecule has 1 N–H and O–H groups in total. The number of hydrogen-bond acceptors (Lipinski definition) is 4. The summed E-state index contributed by atoms with van der Waals surface area (Å²) in [6, 6.07) is 19.7. The van der Waals surface area contributed by atoms with Crippen LogP contribution >= 0.6 is 58.0 Å². The molecule has 2 unspecified atom stereocenters. The second-order valence-corrected chi connectivity index (χ2v) is 10.3. The van der Waals surface area contributed by atoms with Gasteiger partial charge in [0.25, 0.3) is 0 Å². The minimum atomic E-state index is -0.579. The zero-order valence-electron chi connectivity index (χ0n) is 18.9. The summed E-state index contributed by atoms with van der Waals surface area (Å²) in [7, 11) is 0. The highest BCUT2D eigenvalue weighted by Gasteiger charge is 2.30. The van der Waals surface area contributed by atoms with Gasteiger partial charge in [0.2, 0.25) is 5.91 Å². The number of anilines is 1. The highest BCUT2D eigenvalue weighted by molar-refractivity contribution is 6.35. The molecule has 0 fully saturated rings. The highest BCUT2D eigenvalue weighted by atomic mass is 35.5. The lowest BCUT2D eigenvalue weighted by Gasteiger charge is -2.31. The predicted molar refractivity (Wildman–Crippen MR) is 148 cm³/mol. The molecule has 4 rings (SSSR count). The lowest BCUT2D eigenvalue weighted by molar-refractivity contribution is -0.117. The Hall–Kier alpha value is -2.12. The molecule has 2 atom stereocenters. The van der Waals surface area contributed by atoms with Crippen LogP contribution in [0.2, 0.25) is 20.1 Å². The Kier molecular flexibility index (Phi) is 9.29. The molecule has 0 radical (unpaired) electrons. The number of halogens is 5. The van der Waals surface area contributed by atoms with Crippen molar-refractivity contribution in [1.29, 1.82) is 0 Å². The molecule has 1 aliphatic heterocycles. The first-order chi connectivity index (χ1) is 17.3. The van der Waals surface area contributed by atoms with Crippen molar-refractivity contribution in [3.63, 3.8) is 0 Å². The summed E-state index contributed by atoms with van der Waals surface area (Å²) in [4.78, 5) is 16.3. The predicted octanol–water partition coefficient (Wildman–Crippen LogP) is 7.81. The van der Waals surface area contributed by atoms with Gasteiger partial charge in [-0.2, -0.15) is 0 Å². The van der Waals surface area contributed by atoms with E-state index in [-0.39, 0.29) is 19.1 Å². The van der Waals surface area contributed by atoms with E-state index >= 15 is 0 Å². The molecule has 0 bridgehead atoms. The van der Waals surface area contributed by atoms with E-state index in [9.17, 15) is 4.79 Å². The SMILES string of the molecule is O=C(CN1C=CN(C(Cl)C(OCc2ccc(Cl)cc2Cl)c2ccc(Cl)cc2)C1)Nc1ccccc1Cl. The number of nitrogens with one attached hydrogen (secondary N) is 1. The van der Waals surface area contributed by atoms with Crippen LogP contribution < -0.4 is 5.32 Å². The maximum Gasteiger partial charge on any atom is 0.243 e. The van der Waals surface area contributed by atoms with Crippen molar-refractivity contribution in [1.82, 2.24) is 9.80 Å². The summed E-state index contributed by atoms with van der Waals surface area (Å²) in [5.41, 5.74) is 1.63. The monoisotopic (exact) mass is 583 g/mol. The number of hydrogen-bond donors (Lipinski definition) is 1. The molecule has 0 aliphatic carbocycles. The molecule has 0 aromatic heterocycles. The Morgan fingerprint density at radius 1 is 0.917 bits per heavy atom. The second kappa shape index (κ2) is 12.4. The number of alkyl halides is 1. The summed E-state index contributed by atoms with van der Waals surface area (Å²) >= 11 is 31.5. The van der Waals surface area contributed by atoms with Gasteiger partial charge in [0.1, 0.15) is 11.6 Å². The first-order valence-electron chi connectivity index (χ1n) is 11.0. The molecular weight excluding hydrogens is 564 g/mol. The standard InChI is InChI=1S/C26H22Cl5N3O2/c27-19-8-5-17(6-9-19)25(36-15-18-7-10-20(28)13-22(18)30)26(31)34-12-11-33(16-34)14-24(35)32-23-4-2-1-3-21(23)29/h1-13,25-26H,14-16H2,(H,32,35). The minimum Gasteiger partial charge on any atom is -0.365 e. The van der Waals surface area contributed by atoms with Gasteiger partial charge in [-0.1, -0.05) is 88.3 Å². The fourth-order valence-electron chi connectivity index (χ4n) is 3.66. The molecule has 36 heavy (non-hydrogen) atoms. The quantitative estimate of drug-likeness (QED) is 0.206. The minimum absolute atomic E-state index is 0.134. The molecule has 1 heterocycles. The number of nitrogens with zero attached hydrogens (tertiary/aromatic N) is 2. The van der Waals surface area contributed by atoms with Crippen molar-refractivity contribution in [2.75, 3.05) is 18.5 Å². The van der Waals surface area contributed by atoms with E-state index in [0.29, 0.717) is 32.4 Å². The first kappa shape index (κ1) is 26.9. The maximum absolute atomic E-state index is 12.5. The van der Waals surface area contributed by atoms with Crippen LogP contribution in [0.15, 0.2) is 79.1 Å². The highest BCUT2D eigenvalue weighted by Crippen LogP contribution is 2.33. The van der Waals surface area contributed by atoms with Crippen LogP contribution in [0.1, 0.15) is 17.2 Å². The molecule has 10 heteroatoms.